The average Bonchev–Trinajstić information content (AvgIpc) is 2.84. The van der Waals surface area contributed by atoms with Crippen LogP contribution in [0.5, 0.6) is 0 Å². The zero-order chi connectivity index (χ0) is 9.10. The second-order valence-corrected chi connectivity index (χ2v) is 3.76. The zero-order valence-corrected chi connectivity index (χ0v) is 8.07. The lowest BCUT2D eigenvalue weighted by atomic mass is 10.1. The molecular formula is C12H16O. The first-order valence-corrected chi connectivity index (χ1v) is 5.05. The van der Waals surface area contributed by atoms with E-state index in [9.17, 15) is 0 Å². The van der Waals surface area contributed by atoms with Gasteiger partial charge >= 0.3 is 0 Å². The predicted molar refractivity (Wildman–Crippen MR) is 53.7 cm³/mol. The van der Waals surface area contributed by atoms with Crippen LogP contribution in [0.2, 0.25) is 0 Å². The van der Waals surface area contributed by atoms with Crippen molar-refractivity contribution in [1.29, 1.82) is 0 Å². The molecular weight excluding hydrogens is 160 g/mol. The van der Waals surface area contributed by atoms with Gasteiger partial charge in [-0.05, 0) is 31.7 Å². The average molecular weight is 176 g/mol. The maximum Gasteiger partial charge on any atom is 0.0839 e. The molecule has 70 valence electrons. The van der Waals surface area contributed by atoms with E-state index in [2.05, 4.69) is 37.3 Å². The van der Waals surface area contributed by atoms with Crippen molar-refractivity contribution < 1.29 is 4.74 Å². The van der Waals surface area contributed by atoms with E-state index in [0.29, 0.717) is 12.2 Å². The molecule has 2 atom stereocenters. The molecule has 0 amide bonds. The molecule has 1 aromatic rings. The quantitative estimate of drug-likeness (QED) is 0.643. The molecule has 0 aliphatic carbocycles. The molecule has 1 heterocycles. The van der Waals surface area contributed by atoms with E-state index in [-0.39, 0.29) is 0 Å². The summed E-state index contributed by atoms with van der Waals surface area (Å²) in [6, 6.07) is 10.7. The Labute approximate surface area is 79.7 Å². The minimum Gasteiger partial charge on any atom is -0.370 e. The molecule has 2 rings (SSSR count). The lowest BCUT2D eigenvalue weighted by Gasteiger charge is -1.98. The van der Waals surface area contributed by atoms with Crippen molar-refractivity contribution in [1.82, 2.24) is 0 Å². The first-order valence-electron chi connectivity index (χ1n) is 5.05. The molecule has 1 fully saturated rings. The van der Waals surface area contributed by atoms with Crippen LogP contribution in [0.3, 0.4) is 0 Å². The number of epoxide rings is 1. The van der Waals surface area contributed by atoms with Crippen molar-refractivity contribution in [3.63, 3.8) is 0 Å². The Morgan fingerprint density at radius 1 is 1.23 bits per heavy atom. The maximum absolute atomic E-state index is 5.35. The Morgan fingerprint density at radius 2 is 1.92 bits per heavy atom. The van der Waals surface area contributed by atoms with E-state index in [1.54, 1.807) is 0 Å². The van der Waals surface area contributed by atoms with Gasteiger partial charge in [-0.1, -0.05) is 30.3 Å². The SMILES string of the molecule is C[C@@H]1O[C@H]1CCCc1ccccc1. The van der Waals surface area contributed by atoms with Crippen LogP contribution in [0.1, 0.15) is 25.3 Å². The highest BCUT2D eigenvalue weighted by molar-refractivity contribution is 5.14. The van der Waals surface area contributed by atoms with Crippen molar-refractivity contribution in [2.75, 3.05) is 0 Å². The van der Waals surface area contributed by atoms with E-state index >= 15 is 0 Å². The Morgan fingerprint density at radius 3 is 2.54 bits per heavy atom. The summed E-state index contributed by atoms with van der Waals surface area (Å²) in [5.74, 6) is 0. The zero-order valence-electron chi connectivity index (χ0n) is 8.07. The van der Waals surface area contributed by atoms with Gasteiger partial charge in [0.25, 0.3) is 0 Å². The first kappa shape index (κ1) is 8.76. The number of hydrogen-bond donors (Lipinski definition) is 0. The van der Waals surface area contributed by atoms with Crippen LogP contribution in [-0.4, -0.2) is 12.2 Å². The van der Waals surface area contributed by atoms with Crippen LogP contribution >= 0.6 is 0 Å². The third-order valence-electron chi connectivity index (χ3n) is 2.63. The number of benzene rings is 1. The van der Waals surface area contributed by atoms with Crippen molar-refractivity contribution >= 4 is 0 Å². The number of rotatable bonds is 4. The summed E-state index contributed by atoms with van der Waals surface area (Å²) in [7, 11) is 0. The topological polar surface area (TPSA) is 12.5 Å². The third kappa shape index (κ3) is 2.56. The fourth-order valence-corrected chi connectivity index (χ4v) is 1.69. The highest BCUT2D eigenvalue weighted by Gasteiger charge is 2.32. The largest absolute Gasteiger partial charge is 0.370 e. The molecule has 1 saturated heterocycles. The van der Waals surface area contributed by atoms with Crippen LogP contribution in [0.25, 0.3) is 0 Å². The summed E-state index contributed by atoms with van der Waals surface area (Å²) in [4.78, 5) is 0. The Bertz CT molecular complexity index is 255. The normalized spacial score (nSPS) is 25.9. The van der Waals surface area contributed by atoms with Gasteiger partial charge in [-0.2, -0.15) is 0 Å². The summed E-state index contributed by atoms with van der Waals surface area (Å²) in [6.07, 6.45) is 4.74. The summed E-state index contributed by atoms with van der Waals surface area (Å²) in [5.41, 5.74) is 1.44. The Balaban J connectivity index is 1.68. The van der Waals surface area contributed by atoms with Crippen molar-refractivity contribution in [2.24, 2.45) is 0 Å². The third-order valence-corrected chi connectivity index (χ3v) is 2.63. The van der Waals surface area contributed by atoms with Gasteiger partial charge in [0, 0.05) is 0 Å². The summed E-state index contributed by atoms with van der Waals surface area (Å²) < 4.78 is 5.35. The standard InChI is InChI=1S/C12H16O/c1-10-12(13-10)9-5-8-11-6-3-2-4-7-11/h2-4,6-7,10,12H,5,8-9H2,1H3/t10-,12-/m0/s1. The highest BCUT2D eigenvalue weighted by Crippen LogP contribution is 2.26. The van der Waals surface area contributed by atoms with Gasteiger partial charge in [0.1, 0.15) is 0 Å². The van der Waals surface area contributed by atoms with Crippen LogP contribution < -0.4 is 0 Å². The van der Waals surface area contributed by atoms with Crippen LogP contribution in [0, 0.1) is 0 Å². The number of hydrogen-bond acceptors (Lipinski definition) is 1. The molecule has 1 aliphatic heterocycles. The van der Waals surface area contributed by atoms with Crippen LogP contribution in [0.15, 0.2) is 30.3 Å². The second-order valence-electron chi connectivity index (χ2n) is 3.76. The lowest BCUT2D eigenvalue weighted by Crippen LogP contribution is -1.92. The van der Waals surface area contributed by atoms with E-state index < -0.39 is 0 Å². The van der Waals surface area contributed by atoms with Crippen molar-refractivity contribution in [3.8, 4) is 0 Å². The molecule has 0 saturated carbocycles. The molecule has 0 spiro atoms. The van der Waals surface area contributed by atoms with Gasteiger partial charge in [0.2, 0.25) is 0 Å². The maximum atomic E-state index is 5.35. The van der Waals surface area contributed by atoms with Crippen molar-refractivity contribution in [3.05, 3.63) is 35.9 Å². The lowest BCUT2D eigenvalue weighted by molar-refractivity contribution is 0.367. The molecule has 13 heavy (non-hydrogen) atoms. The molecule has 0 aromatic heterocycles. The second kappa shape index (κ2) is 3.93. The smallest absolute Gasteiger partial charge is 0.0839 e. The van der Waals surface area contributed by atoms with E-state index in [0.717, 1.165) is 0 Å². The summed E-state index contributed by atoms with van der Waals surface area (Å²) >= 11 is 0. The van der Waals surface area contributed by atoms with Gasteiger partial charge in [-0.3, -0.25) is 0 Å². The van der Waals surface area contributed by atoms with Crippen LogP contribution in [0.4, 0.5) is 0 Å². The van der Waals surface area contributed by atoms with Crippen LogP contribution in [-0.2, 0) is 11.2 Å². The van der Waals surface area contributed by atoms with Gasteiger partial charge in [0.15, 0.2) is 0 Å². The molecule has 0 radical (unpaired) electrons. The minimum atomic E-state index is 0.524. The Kier molecular flexibility index (Phi) is 2.65. The summed E-state index contributed by atoms with van der Waals surface area (Å²) in [5, 5.41) is 0. The fourth-order valence-electron chi connectivity index (χ4n) is 1.69. The molecule has 1 aromatic carbocycles. The monoisotopic (exact) mass is 176 g/mol. The minimum absolute atomic E-state index is 0.524. The predicted octanol–water partition coefficient (Wildman–Crippen LogP) is 2.80. The van der Waals surface area contributed by atoms with E-state index in [1.807, 2.05) is 0 Å². The molecule has 1 nitrogen and oxygen atoms in total. The van der Waals surface area contributed by atoms with E-state index in [1.165, 1.54) is 24.8 Å². The van der Waals surface area contributed by atoms with Gasteiger partial charge in [0.05, 0.1) is 12.2 Å². The molecule has 1 heteroatoms. The molecule has 1 aliphatic rings. The molecule has 0 unspecified atom stereocenters. The fraction of sp³-hybridized carbons (Fsp3) is 0.500. The highest BCUT2D eigenvalue weighted by atomic mass is 16.6. The first-order chi connectivity index (χ1) is 6.36. The number of ether oxygens (including phenoxy) is 1. The molecule has 0 bridgehead atoms. The van der Waals surface area contributed by atoms with Gasteiger partial charge in [-0.25, -0.2) is 0 Å². The number of aryl methyl sites for hydroxylation is 1. The van der Waals surface area contributed by atoms with Gasteiger partial charge in [-0.15, -0.1) is 0 Å². The van der Waals surface area contributed by atoms with E-state index in [4.69, 9.17) is 4.74 Å². The van der Waals surface area contributed by atoms with Gasteiger partial charge < -0.3 is 4.74 Å². The Hall–Kier alpha value is -0.820. The molecule has 0 N–H and O–H groups in total. The summed E-state index contributed by atoms with van der Waals surface area (Å²) in [6.45, 7) is 2.15. The van der Waals surface area contributed by atoms with Crippen molar-refractivity contribution in [2.45, 2.75) is 38.4 Å².